The number of methoxy groups -OCH3 is 1. The molecule has 0 unspecified atom stereocenters. The van der Waals surface area contributed by atoms with Crippen LogP contribution in [0.3, 0.4) is 0 Å². The number of nitrogen functional groups attached to an aromatic ring is 1. The highest BCUT2D eigenvalue weighted by molar-refractivity contribution is 9.10. The van der Waals surface area contributed by atoms with Gasteiger partial charge in [-0.3, -0.25) is 0 Å². The molecule has 0 radical (unpaired) electrons. The Morgan fingerprint density at radius 3 is 2.67 bits per heavy atom. The van der Waals surface area contributed by atoms with Gasteiger partial charge in [0.25, 0.3) is 0 Å². The Hall–Kier alpha value is -1.86. The topological polar surface area (TPSA) is 85.1 Å². The molecule has 21 heavy (non-hydrogen) atoms. The SMILES string of the molecule is CCCc1nc(NN)cc(Nc2cc(Br)ccc2OC)n1. The Bertz CT molecular complexity index is 620. The van der Waals surface area contributed by atoms with E-state index >= 15 is 0 Å². The lowest BCUT2D eigenvalue weighted by molar-refractivity contribution is 0.416. The molecule has 7 heteroatoms. The van der Waals surface area contributed by atoms with Crippen LogP contribution in [0, 0.1) is 0 Å². The summed E-state index contributed by atoms with van der Waals surface area (Å²) in [5, 5.41) is 3.24. The van der Waals surface area contributed by atoms with Crippen LogP contribution < -0.4 is 21.3 Å². The molecule has 1 heterocycles. The molecular formula is C14H18BrN5O. The molecule has 0 spiro atoms. The van der Waals surface area contributed by atoms with Crippen molar-refractivity contribution >= 4 is 33.3 Å². The molecule has 4 N–H and O–H groups in total. The van der Waals surface area contributed by atoms with Crippen LogP contribution in [0.4, 0.5) is 17.3 Å². The first-order valence-corrected chi connectivity index (χ1v) is 7.40. The lowest BCUT2D eigenvalue weighted by Crippen LogP contribution is -2.11. The number of ether oxygens (including phenoxy) is 1. The van der Waals surface area contributed by atoms with Gasteiger partial charge in [0.1, 0.15) is 23.2 Å². The molecule has 0 fully saturated rings. The van der Waals surface area contributed by atoms with Gasteiger partial charge in [-0.1, -0.05) is 22.9 Å². The number of nitrogens with zero attached hydrogens (tertiary/aromatic N) is 2. The zero-order valence-corrected chi connectivity index (χ0v) is 13.6. The fourth-order valence-electron chi connectivity index (χ4n) is 1.89. The fourth-order valence-corrected chi connectivity index (χ4v) is 2.25. The highest BCUT2D eigenvalue weighted by Crippen LogP contribution is 2.30. The van der Waals surface area contributed by atoms with Crippen molar-refractivity contribution in [1.82, 2.24) is 9.97 Å². The second-order valence-electron chi connectivity index (χ2n) is 4.42. The van der Waals surface area contributed by atoms with E-state index in [1.165, 1.54) is 0 Å². The van der Waals surface area contributed by atoms with Crippen LogP contribution in [0.25, 0.3) is 0 Å². The first-order valence-electron chi connectivity index (χ1n) is 6.61. The van der Waals surface area contributed by atoms with Gasteiger partial charge in [0.2, 0.25) is 0 Å². The lowest BCUT2D eigenvalue weighted by atomic mass is 10.3. The molecule has 0 aliphatic rings. The van der Waals surface area contributed by atoms with E-state index in [9.17, 15) is 0 Å². The molecule has 0 saturated heterocycles. The average Bonchev–Trinajstić information content (AvgIpc) is 2.47. The van der Waals surface area contributed by atoms with E-state index in [-0.39, 0.29) is 0 Å². The summed E-state index contributed by atoms with van der Waals surface area (Å²) < 4.78 is 6.29. The molecule has 0 bridgehead atoms. The monoisotopic (exact) mass is 351 g/mol. The number of nitrogens with one attached hydrogen (secondary N) is 2. The normalized spacial score (nSPS) is 10.3. The van der Waals surface area contributed by atoms with Gasteiger partial charge in [-0.15, -0.1) is 0 Å². The van der Waals surface area contributed by atoms with Crippen LogP contribution in [0.1, 0.15) is 19.2 Å². The Kier molecular flexibility index (Phi) is 5.35. The van der Waals surface area contributed by atoms with Crippen LogP contribution in [0.5, 0.6) is 5.75 Å². The first-order chi connectivity index (χ1) is 10.2. The Morgan fingerprint density at radius 2 is 2.00 bits per heavy atom. The van der Waals surface area contributed by atoms with Gasteiger partial charge in [0.05, 0.1) is 12.8 Å². The van der Waals surface area contributed by atoms with Crippen molar-refractivity contribution in [3.8, 4) is 5.75 Å². The number of anilines is 3. The molecule has 0 atom stereocenters. The molecule has 1 aromatic heterocycles. The number of nitrogens with two attached hydrogens (primary N) is 1. The minimum absolute atomic E-state index is 0.574. The summed E-state index contributed by atoms with van der Waals surface area (Å²) in [7, 11) is 1.63. The van der Waals surface area contributed by atoms with Crippen LogP contribution in [-0.2, 0) is 6.42 Å². The molecule has 0 aliphatic carbocycles. The second-order valence-corrected chi connectivity index (χ2v) is 5.33. The van der Waals surface area contributed by atoms with E-state index in [0.717, 1.165) is 34.6 Å². The fraction of sp³-hybridized carbons (Fsp3) is 0.286. The molecule has 6 nitrogen and oxygen atoms in total. The molecular weight excluding hydrogens is 334 g/mol. The van der Waals surface area contributed by atoms with Crippen molar-refractivity contribution in [3.63, 3.8) is 0 Å². The molecule has 2 rings (SSSR count). The van der Waals surface area contributed by atoms with Gasteiger partial charge in [-0.25, -0.2) is 15.8 Å². The van der Waals surface area contributed by atoms with Crippen LogP contribution in [-0.4, -0.2) is 17.1 Å². The van der Waals surface area contributed by atoms with Crippen LogP contribution >= 0.6 is 15.9 Å². The third-order valence-electron chi connectivity index (χ3n) is 2.82. The zero-order valence-electron chi connectivity index (χ0n) is 12.0. The van der Waals surface area contributed by atoms with Gasteiger partial charge in [-0.05, 0) is 24.6 Å². The third-order valence-corrected chi connectivity index (χ3v) is 3.31. The quantitative estimate of drug-likeness (QED) is 0.547. The molecule has 0 aliphatic heterocycles. The Balaban J connectivity index is 2.34. The Labute approximate surface area is 132 Å². The lowest BCUT2D eigenvalue weighted by Gasteiger charge is -2.12. The second kappa shape index (κ2) is 7.24. The predicted molar refractivity (Wildman–Crippen MR) is 87.8 cm³/mol. The van der Waals surface area contributed by atoms with E-state index in [1.807, 2.05) is 18.2 Å². The van der Waals surface area contributed by atoms with Gasteiger partial charge in [0, 0.05) is 17.0 Å². The zero-order chi connectivity index (χ0) is 15.2. The molecule has 1 aromatic carbocycles. The number of aryl methyl sites for hydroxylation is 1. The summed E-state index contributed by atoms with van der Waals surface area (Å²) in [6, 6.07) is 7.47. The summed E-state index contributed by atoms with van der Waals surface area (Å²) in [6.45, 7) is 2.08. The maximum atomic E-state index is 5.46. The van der Waals surface area contributed by atoms with E-state index in [2.05, 4.69) is 43.6 Å². The number of hydrogen-bond donors (Lipinski definition) is 3. The van der Waals surface area contributed by atoms with E-state index in [1.54, 1.807) is 13.2 Å². The number of aromatic nitrogens is 2. The minimum Gasteiger partial charge on any atom is -0.495 e. The van der Waals surface area contributed by atoms with Gasteiger partial charge < -0.3 is 15.5 Å². The maximum Gasteiger partial charge on any atom is 0.145 e. The van der Waals surface area contributed by atoms with E-state index in [4.69, 9.17) is 10.6 Å². The molecule has 0 amide bonds. The predicted octanol–water partition coefficient (Wildman–Crippen LogP) is 3.23. The average molecular weight is 352 g/mol. The van der Waals surface area contributed by atoms with Crippen molar-refractivity contribution in [2.45, 2.75) is 19.8 Å². The number of rotatable bonds is 6. The van der Waals surface area contributed by atoms with E-state index in [0.29, 0.717) is 11.6 Å². The number of hydrogen-bond acceptors (Lipinski definition) is 6. The van der Waals surface area contributed by atoms with Gasteiger partial charge >= 0.3 is 0 Å². The maximum absolute atomic E-state index is 5.46. The number of hydrazine groups is 1. The summed E-state index contributed by atoms with van der Waals surface area (Å²) in [4.78, 5) is 8.80. The van der Waals surface area contributed by atoms with E-state index < -0.39 is 0 Å². The largest absolute Gasteiger partial charge is 0.495 e. The van der Waals surface area contributed by atoms with Crippen molar-refractivity contribution in [3.05, 3.63) is 34.6 Å². The third kappa shape index (κ3) is 4.05. The van der Waals surface area contributed by atoms with Crippen LogP contribution in [0.2, 0.25) is 0 Å². The highest BCUT2D eigenvalue weighted by Gasteiger charge is 2.08. The number of benzene rings is 1. The number of halogens is 1. The molecule has 2 aromatic rings. The first kappa shape index (κ1) is 15.5. The summed E-state index contributed by atoms with van der Waals surface area (Å²) in [6.07, 6.45) is 1.76. The molecule has 112 valence electrons. The van der Waals surface area contributed by atoms with Gasteiger partial charge in [-0.2, -0.15) is 0 Å². The summed E-state index contributed by atoms with van der Waals surface area (Å²) in [5.74, 6) is 8.17. The summed E-state index contributed by atoms with van der Waals surface area (Å²) >= 11 is 3.45. The minimum atomic E-state index is 0.574. The van der Waals surface area contributed by atoms with Gasteiger partial charge in [0.15, 0.2) is 0 Å². The highest BCUT2D eigenvalue weighted by atomic mass is 79.9. The smallest absolute Gasteiger partial charge is 0.145 e. The molecule has 0 saturated carbocycles. The van der Waals surface area contributed by atoms with Crippen molar-refractivity contribution in [2.24, 2.45) is 5.84 Å². The van der Waals surface area contributed by atoms with Crippen molar-refractivity contribution in [2.75, 3.05) is 17.9 Å². The van der Waals surface area contributed by atoms with Crippen molar-refractivity contribution in [1.29, 1.82) is 0 Å². The van der Waals surface area contributed by atoms with Crippen LogP contribution in [0.15, 0.2) is 28.7 Å². The van der Waals surface area contributed by atoms with Crippen molar-refractivity contribution < 1.29 is 4.74 Å². The summed E-state index contributed by atoms with van der Waals surface area (Å²) in [5.41, 5.74) is 3.38. The Morgan fingerprint density at radius 1 is 1.24 bits per heavy atom. The standard InChI is InChI=1S/C14H18BrN5O/c1-3-4-12-18-13(8-14(19-12)20-16)17-10-7-9(15)5-6-11(10)21-2/h5-8H,3-4,16H2,1-2H3,(H2,17,18,19,20).